The van der Waals surface area contributed by atoms with Crippen LogP contribution < -0.4 is 5.43 Å². The number of nitrogens with one attached hydrogen (secondary N) is 1. The van der Waals surface area contributed by atoms with Gasteiger partial charge in [0.1, 0.15) is 0 Å². The molecule has 0 spiro atoms. The molecule has 3 rings (SSSR count). The molecule has 0 aliphatic heterocycles. The van der Waals surface area contributed by atoms with Gasteiger partial charge in [0.15, 0.2) is 0 Å². The summed E-state index contributed by atoms with van der Waals surface area (Å²) in [5, 5.41) is 25.9. The Morgan fingerprint density at radius 2 is 1.33 bits per heavy atom. The first-order valence-corrected chi connectivity index (χ1v) is 8.79. The van der Waals surface area contributed by atoms with Crippen molar-refractivity contribution in [2.24, 2.45) is 5.10 Å². The number of hydrogen-bond acceptors (Lipinski definition) is 6. The van der Waals surface area contributed by atoms with Crippen molar-refractivity contribution >= 4 is 23.0 Å². The number of nitro groups is 2. The van der Waals surface area contributed by atoms with E-state index in [-0.39, 0.29) is 5.56 Å². The minimum Gasteiger partial charge on any atom is -0.267 e. The largest absolute Gasteiger partial charge is 0.277 e. The van der Waals surface area contributed by atoms with Gasteiger partial charge in [-0.2, -0.15) is 5.10 Å². The van der Waals surface area contributed by atoms with Gasteiger partial charge in [0.05, 0.1) is 27.2 Å². The third-order valence-electron chi connectivity index (χ3n) is 4.32. The van der Waals surface area contributed by atoms with Crippen molar-refractivity contribution in [3.63, 3.8) is 0 Å². The highest BCUT2D eigenvalue weighted by atomic mass is 16.6. The van der Waals surface area contributed by atoms with E-state index < -0.39 is 27.1 Å². The number of rotatable bonds is 6. The van der Waals surface area contributed by atoms with E-state index in [9.17, 15) is 25.0 Å². The number of hydrazone groups is 1. The predicted octanol–water partition coefficient (Wildman–Crippen LogP) is 4.32. The van der Waals surface area contributed by atoms with Crippen molar-refractivity contribution in [1.82, 2.24) is 5.43 Å². The van der Waals surface area contributed by atoms with Crippen LogP contribution in [-0.4, -0.2) is 21.5 Å². The first-order valence-electron chi connectivity index (χ1n) is 8.79. The van der Waals surface area contributed by atoms with Gasteiger partial charge in [0.25, 0.3) is 17.3 Å². The van der Waals surface area contributed by atoms with Gasteiger partial charge in [-0.05, 0) is 23.6 Å². The zero-order chi connectivity index (χ0) is 21.7. The number of nitro benzene ring substituents is 2. The smallest absolute Gasteiger partial charge is 0.267 e. The van der Waals surface area contributed by atoms with E-state index in [4.69, 9.17) is 0 Å². The summed E-state index contributed by atoms with van der Waals surface area (Å²) in [5.74, 6) is -0.790. The van der Waals surface area contributed by atoms with E-state index in [1.165, 1.54) is 0 Å². The molecule has 0 saturated carbocycles. The van der Waals surface area contributed by atoms with E-state index in [0.29, 0.717) is 5.71 Å². The van der Waals surface area contributed by atoms with Gasteiger partial charge in [-0.25, -0.2) is 5.43 Å². The minimum absolute atomic E-state index is 0.230. The Bertz CT molecular complexity index is 1110. The third-order valence-corrected chi connectivity index (χ3v) is 4.32. The first kappa shape index (κ1) is 20.3. The number of nitrogens with zero attached hydrogens (tertiary/aromatic N) is 3. The summed E-state index contributed by atoms with van der Waals surface area (Å²) in [6.45, 7) is 1.69. The van der Waals surface area contributed by atoms with Crippen molar-refractivity contribution < 1.29 is 14.6 Å². The molecule has 30 heavy (non-hydrogen) atoms. The average molecular weight is 404 g/mol. The van der Waals surface area contributed by atoms with Crippen LogP contribution in [0.1, 0.15) is 22.8 Å². The van der Waals surface area contributed by atoms with E-state index in [2.05, 4.69) is 10.5 Å². The zero-order valence-electron chi connectivity index (χ0n) is 15.8. The molecular formula is C21H16N4O5. The highest BCUT2D eigenvalue weighted by Crippen LogP contribution is 2.23. The molecule has 0 aromatic heterocycles. The molecule has 9 heteroatoms. The standard InChI is InChI=1S/C21H16N4O5/c1-14(15-7-9-17(10-8-15)16-5-3-2-4-6-16)22-23-21(26)18-11-19(24(27)28)13-20(12-18)25(29)30/h2-13H,1H3,(H,23,26)/b22-14-. The van der Waals surface area contributed by atoms with Crippen LogP contribution in [0.3, 0.4) is 0 Å². The second kappa shape index (κ2) is 8.74. The molecule has 0 saturated heterocycles. The summed E-state index contributed by atoms with van der Waals surface area (Å²) in [4.78, 5) is 32.6. The lowest BCUT2D eigenvalue weighted by atomic mass is 10.0. The van der Waals surface area contributed by atoms with E-state index in [1.54, 1.807) is 6.92 Å². The molecule has 3 aromatic carbocycles. The minimum atomic E-state index is -0.799. The Kier molecular flexibility index (Phi) is 5.92. The van der Waals surface area contributed by atoms with E-state index >= 15 is 0 Å². The lowest BCUT2D eigenvalue weighted by molar-refractivity contribution is -0.394. The number of amides is 1. The molecule has 1 N–H and O–H groups in total. The highest BCUT2D eigenvalue weighted by molar-refractivity contribution is 6.01. The maximum Gasteiger partial charge on any atom is 0.277 e. The fraction of sp³-hybridized carbons (Fsp3) is 0.0476. The van der Waals surface area contributed by atoms with Gasteiger partial charge in [0.2, 0.25) is 0 Å². The average Bonchev–Trinajstić information content (AvgIpc) is 2.77. The van der Waals surface area contributed by atoms with Gasteiger partial charge in [-0.15, -0.1) is 0 Å². The monoisotopic (exact) mass is 404 g/mol. The summed E-state index contributed by atoms with van der Waals surface area (Å²) < 4.78 is 0. The first-order chi connectivity index (χ1) is 14.3. The Balaban J connectivity index is 1.77. The number of hydrogen-bond donors (Lipinski definition) is 1. The molecule has 0 bridgehead atoms. The second-order valence-corrected chi connectivity index (χ2v) is 6.33. The summed E-state index contributed by atoms with van der Waals surface area (Å²) in [6, 6.07) is 20.1. The van der Waals surface area contributed by atoms with Crippen LogP contribution in [0.15, 0.2) is 77.9 Å². The van der Waals surface area contributed by atoms with Crippen LogP contribution in [0.25, 0.3) is 11.1 Å². The lowest BCUT2D eigenvalue weighted by Crippen LogP contribution is -2.19. The van der Waals surface area contributed by atoms with Crippen LogP contribution >= 0.6 is 0 Å². The second-order valence-electron chi connectivity index (χ2n) is 6.33. The molecule has 0 atom stereocenters. The molecule has 0 unspecified atom stereocenters. The summed E-state index contributed by atoms with van der Waals surface area (Å²) >= 11 is 0. The van der Waals surface area contributed by atoms with Crippen LogP contribution in [0.4, 0.5) is 11.4 Å². The number of carbonyl (C=O) groups excluding carboxylic acids is 1. The Morgan fingerprint density at radius 1 is 0.800 bits per heavy atom. The van der Waals surface area contributed by atoms with Crippen molar-refractivity contribution in [3.05, 3.63) is 104 Å². The maximum atomic E-state index is 12.3. The molecular weight excluding hydrogens is 388 g/mol. The van der Waals surface area contributed by atoms with Crippen LogP contribution in [0.5, 0.6) is 0 Å². The molecule has 0 aliphatic carbocycles. The zero-order valence-corrected chi connectivity index (χ0v) is 15.8. The molecule has 0 fully saturated rings. The lowest BCUT2D eigenvalue weighted by Gasteiger charge is -2.05. The Labute approximate surface area is 171 Å². The van der Waals surface area contributed by atoms with Crippen LogP contribution in [-0.2, 0) is 0 Å². The normalized spacial score (nSPS) is 11.0. The maximum absolute atomic E-state index is 12.3. The fourth-order valence-electron chi connectivity index (χ4n) is 2.74. The Morgan fingerprint density at radius 3 is 1.87 bits per heavy atom. The van der Waals surface area contributed by atoms with Gasteiger partial charge in [0, 0.05) is 12.1 Å². The highest BCUT2D eigenvalue weighted by Gasteiger charge is 2.19. The molecule has 0 aliphatic rings. The number of non-ortho nitro benzene ring substituents is 2. The van der Waals surface area contributed by atoms with Crippen LogP contribution in [0.2, 0.25) is 0 Å². The van der Waals surface area contributed by atoms with Gasteiger partial charge < -0.3 is 0 Å². The SMILES string of the molecule is C/C(=N/NC(=O)c1cc([N+](=O)[O-])cc([N+](=O)[O-])c1)c1ccc(-c2ccccc2)cc1. The van der Waals surface area contributed by atoms with Gasteiger partial charge >= 0.3 is 0 Å². The summed E-state index contributed by atoms with van der Waals surface area (Å²) in [5.41, 5.74) is 4.31. The van der Waals surface area contributed by atoms with Crippen LogP contribution in [0, 0.1) is 20.2 Å². The molecule has 0 heterocycles. The Hall–Kier alpha value is -4.40. The van der Waals surface area contributed by atoms with E-state index in [1.807, 2.05) is 54.6 Å². The van der Waals surface area contributed by atoms with Crippen molar-refractivity contribution in [1.29, 1.82) is 0 Å². The molecule has 150 valence electrons. The molecule has 9 nitrogen and oxygen atoms in total. The molecule has 0 radical (unpaired) electrons. The molecule has 1 amide bonds. The summed E-state index contributed by atoms with van der Waals surface area (Å²) in [6.07, 6.45) is 0. The van der Waals surface area contributed by atoms with Crippen molar-refractivity contribution in [2.45, 2.75) is 6.92 Å². The van der Waals surface area contributed by atoms with Gasteiger partial charge in [-0.3, -0.25) is 25.0 Å². The molecule has 3 aromatic rings. The third kappa shape index (κ3) is 4.71. The van der Waals surface area contributed by atoms with Gasteiger partial charge in [-0.1, -0.05) is 54.6 Å². The summed E-state index contributed by atoms with van der Waals surface area (Å²) in [7, 11) is 0. The quantitative estimate of drug-likeness (QED) is 0.372. The topological polar surface area (TPSA) is 128 Å². The fourth-order valence-corrected chi connectivity index (χ4v) is 2.74. The van der Waals surface area contributed by atoms with Crippen molar-refractivity contribution in [3.8, 4) is 11.1 Å². The predicted molar refractivity (Wildman–Crippen MR) is 111 cm³/mol. The number of benzene rings is 3. The number of carbonyl (C=O) groups is 1. The van der Waals surface area contributed by atoms with E-state index in [0.717, 1.165) is 34.9 Å². The van der Waals surface area contributed by atoms with Crippen molar-refractivity contribution in [2.75, 3.05) is 0 Å².